The predicted molar refractivity (Wildman–Crippen MR) is 117 cm³/mol. The molecular formula is C22H31NO11. The molecule has 0 aliphatic carbocycles. The fourth-order valence-electron chi connectivity index (χ4n) is 2.50. The summed E-state index contributed by atoms with van der Waals surface area (Å²) < 4.78 is 33.7. The topological polar surface area (TPSA) is 159 Å². The summed E-state index contributed by atoms with van der Waals surface area (Å²) in [6.45, 7) is 3.64. The average molecular weight is 485 g/mol. The average Bonchev–Trinajstić information content (AvgIpc) is 2.81. The lowest BCUT2D eigenvalue weighted by Gasteiger charge is -2.17. The van der Waals surface area contributed by atoms with Crippen LogP contribution in [0.25, 0.3) is 0 Å². The van der Waals surface area contributed by atoms with Gasteiger partial charge in [-0.1, -0.05) is 25.8 Å². The molecule has 1 aromatic carbocycles. The number of methoxy groups -OCH3 is 2. The lowest BCUT2D eigenvalue weighted by atomic mass is 10.1. The first-order valence-electron chi connectivity index (χ1n) is 10.6. The van der Waals surface area contributed by atoms with Crippen LogP contribution in [0.4, 0.5) is 14.4 Å². The molecule has 0 bridgehead atoms. The molecule has 0 amide bonds. The first kappa shape index (κ1) is 28.5. The fraction of sp³-hybridized carbons (Fsp3) is 0.545. The van der Waals surface area contributed by atoms with Gasteiger partial charge >= 0.3 is 24.4 Å². The summed E-state index contributed by atoms with van der Waals surface area (Å²) in [5.74, 6) is -0.989. The maximum absolute atomic E-state index is 12.3. The molecule has 190 valence electrons. The second-order valence-electron chi connectivity index (χ2n) is 7.07. The van der Waals surface area contributed by atoms with Crippen molar-refractivity contribution >= 4 is 24.4 Å². The van der Waals surface area contributed by atoms with Gasteiger partial charge in [-0.3, -0.25) is 4.79 Å². The van der Waals surface area contributed by atoms with Crippen LogP contribution >= 0.6 is 0 Å². The molecule has 2 atom stereocenters. The van der Waals surface area contributed by atoms with Gasteiger partial charge < -0.3 is 38.9 Å². The van der Waals surface area contributed by atoms with Crippen molar-refractivity contribution in [3.8, 4) is 11.5 Å². The first-order valence-corrected chi connectivity index (χ1v) is 10.6. The lowest BCUT2D eigenvalue weighted by Crippen LogP contribution is -2.37. The van der Waals surface area contributed by atoms with Crippen LogP contribution < -0.4 is 15.2 Å². The number of carbonyl (C=O) groups is 4. The molecule has 34 heavy (non-hydrogen) atoms. The van der Waals surface area contributed by atoms with Crippen molar-refractivity contribution < 1.29 is 52.3 Å². The van der Waals surface area contributed by atoms with E-state index in [0.717, 1.165) is 33.5 Å². The number of ether oxygens (including phenoxy) is 7. The molecule has 0 unspecified atom stereocenters. The Morgan fingerprint density at radius 3 is 2.18 bits per heavy atom. The fourth-order valence-corrected chi connectivity index (χ4v) is 2.50. The Hall–Kier alpha value is -3.54. The van der Waals surface area contributed by atoms with Crippen LogP contribution in [-0.4, -0.2) is 64.0 Å². The number of unbranched alkanes of at least 4 members (excludes halogenated alkanes) is 2. The Balaban J connectivity index is 2.64. The summed E-state index contributed by atoms with van der Waals surface area (Å²) in [5.41, 5.74) is 6.39. The molecule has 2 N–H and O–H groups in total. The van der Waals surface area contributed by atoms with Crippen LogP contribution in [0, 0.1) is 0 Å². The van der Waals surface area contributed by atoms with Crippen LogP contribution in [0.1, 0.15) is 38.7 Å². The molecule has 0 radical (unpaired) electrons. The number of hydrogen-bond donors (Lipinski definition) is 1. The molecule has 1 aromatic rings. The SMILES string of the molecule is CCCCCOC(=O)OC[C@H](C)OC(=O)[C@@H](N)Cc1ccc(OC(=O)OC)c(OC(=O)OC)c1. The molecule has 0 aliphatic heterocycles. The Labute approximate surface area is 197 Å². The van der Waals surface area contributed by atoms with E-state index in [0.29, 0.717) is 5.56 Å². The largest absolute Gasteiger partial charge is 0.513 e. The zero-order valence-corrected chi connectivity index (χ0v) is 19.7. The first-order chi connectivity index (χ1) is 16.2. The molecule has 1 rings (SSSR count). The van der Waals surface area contributed by atoms with Crippen LogP contribution in [0.15, 0.2) is 18.2 Å². The van der Waals surface area contributed by atoms with Crippen LogP contribution in [-0.2, 0) is 34.9 Å². The quantitative estimate of drug-likeness (QED) is 0.200. The summed E-state index contributed by atoms with van der Waals surface area (Å²) in [7, 11) is 2.22. The standard InChI is InChI=1S/C22H31NO11/c1-5-6-7-10-30-22(27)31-13-14(2)32-19(24)16(23)11-15-8-9-17(33-20(25)28-3)18(12-15)34-21(26)29-4/h8-9,12,14,16H,5-7,10-11,13,23H2,1-4H3/t14-,16-/m0/s1. The highest BCUT2D eigenvalue weighted by Gasteiger charge is 2.22. The van der Waals surface area contributed by atoms with E-state index >= 15 is 0 Å². The third-order valence-corrected chi connectivity index (χ3v) is 4.21. The van der Waals surface area contributed by atoms with Gasteiger partial charge in [0.2, 0.25) is 0 Å². The number of benzene rings is 1. The van der Waals surface area contributed by atoms with Gasteiger partial charge in [0.15, 0.2) is 11.5 Å². The van der Waals surface area contributed by atoms with Crippen LogP contribution in [0.2, 0.25) is 0 Å². The van der Waals surface area contributed by atoms with Gasteiger partial charge in [-0.05, 0) is 37.5 Å². The lowest BCUT2D eigenvalue weighted by molar-refractivity contribution is -0.152. The minimum absolute atomic E-state index is 0.00190. The zero-order chi connectivity index (χ0) is 25.5. The number of rotatable bonds is 12. The van der Waals surface area contributed by atoms with E-state index in [-0.39, 0.29) is 31.1 Å². The van der Waals surface area contributed by atoms with Crippen molar-refractivity contribution in [2.24, 2.45) is 5.73 Å². The molecule has 12 heteroatoms. The second kappa shape index (κ2) is 15.3. The monoisotopic (exact) mass is 485 g/mol. The van der Waals surface area contributed by atoms with E-state index in [1.807, 2.05) is 6.92 Å². The van der Waals surface area contributed by atoms with Crippen molar-refractivity contribution in [3.05, 3.63) is 23.8 Å². The van der Waals surface area contributed by atoms with Crippen LogP contribution in [0.5, 0.6) is 11.5 Å². The second-order valence-corrected chi connectivity index (χ2v) is 7.07. The van der Waals surface area contributed by atoms with E-state index in [9.17, 15) is 19.2 Å². The Morgan fingerprint density at radius 2 is 1.56 bits per heavy atom. The molecular weight excluding hydrogens is 454 g/mol. The number of carbonyl (C=O) groups excluding carboxylic acids is 4. The van der Waals surface area contributed by atoms with Crippen molar-refractivity contribution in [3.63, 3.8) is 0 Å². The van der Waals surface area contributed by atoms with E-state index in [4.69, 9.17) is 29.4 Å². The van der Waals surface area contributed by atoms with Gasteiger partial charge in [0.1, 0.15) is 18.8 Å². The van der Waals surface area contributed by atoms with Gasteiger partial charge in [-0.15, -0.1) is 0 Å². The number of hydrogen-bond acceptors (Lipinski definition) is 12. The van der Waals surface area contributed by atoms with Gasteiger partial charge in [0, 0.05) is 0 Å². The minimum Gasteiger partial charge on any atom is -0.458 e. The number of nitrogens with two attached hydrogens (primary N) is 1. The highest BCUT2D eigenvalue weighted by atomic mass is 16.7. The zero-order valence-electron chi connectivity index (χ0n) is 19.7. The van der Waals surface area contributed by atoms with Gasteiger partial charge in [0.05, 0.1) is 20.8 Å². The van der Waals surface area contributed by atoms with E-state index in [1.165, 1.54) is 25.1 Å². The van der Waals surface area contributed by atoms with Crippen molar-refractivity contribution in [1.82, 2.24) is 0 Å². The van der Waals surface area contributed by atoms with E-state index in [1.54, 1.807) is 0 Å². The van der Waals surface area contributed by atoms with Crippen LogP contribution in [0.3, 0.4) is 0 Å². The minimum atomic E-state index is -1.08. The summed E-state index contributed by atoms with van der Waals surface area (Å²) >= 11 is 0. The molecule has 0 saturated carbocycles. The normalized spacial score (nSPS) is 12.0. The van der Waals surface area contributed by atoms with Crippen molar-refractivity contribution in [2.75, 3.05) is 27.4 Å². The summed E-state index contributed by atoms with van der Waals surface area (Å²) in [5, 5.41) is 0. The molecule has 0 saturated heterocycles. The summed E-state index contributed by atoms with van der Waals surface area (Å²) in [6.07, 6.45) is -0.981. The summed E-state index contributed by atoms with van der Waals surface area (Å²) in [4.78, 5) is 46.7. The molecule has 12 nitrogen and oxygen atoms in total. The molecule has 0 heterocycles. The molecule has 0 spiro atoms. The summed E-state index contributed by atoms with van der Waals surface area (Å²) in [6, 6.07) is 3.12. The van der Waals surface area contributed by atoms with E-state index in [2.05, 4.69) is 9.47 Å². The highest BCUT2D eigenvalue weighted by molar-refractivity contribution is 5.76. The molecule has 0 fully saturated rings. The molecule has 0 aromatic heterocycles. The maximum Gasteiger partial charge on any atom is 0.513 e. The van der Waals surface area contributed by atoms with E-state index < -0.39 is 36.6 Å². The Morgan fingerprint density at radius 1 is 0.912 bits per heavy atom. The maximum atomic E-state index is 12.3. The highest BCUT2D eigenvalue weighted by Crippen LogP contribution is 2.29. The smallest absolute Gasteiger partial charge is 0.458 e. The Kier molecular flexibility index (Phi) is 12.8. The van der Waals surface area contributed by atoms with Gasteiger partial charge in [-0.2, -0.15) is 0 Å². The van der Waals surface area contributed by atoms with Gasteiger partial charge in [0.25, 0.3) is 0 Å². The third-order valence-electron chi connectivity index (χ3n) is 4.21. The number of esters is 1. The van der Waals surface area contributed by atoms with Crippen molar-refractivity contribution in [2.45, 2.75) is 51.7 Å². The Bertz CT molecular complexity index is 827. The molecule has 0 aliphatic rings. The van der Waals surface area contributed by atoms with Gasteiger partial charge in [-0.25, -0.2) is 14.4 Å². The predicted octanol–water partition coefficient (Wildman–Crippen LogP) is 3.12. The van der Waals surface area contributed by atoms with Crippen molar-refractivity contribution in [1.29, 1.82) is 0 Å². The third kappa shape index (κ3) is 10.9.